The maximum atomic E-state index is 12.1. The van der Waals surface area contributed by atoms with Crippen molar-refractivity contribution >= 4 is 11.9 Å². The number of amidine groups is 1. The van der Waals surface area contributed by atoms with Crippen molar-refractivity contribution in [1.29, 1.82) is 0 Å². The molecule has 2 aliphatic rings. The number of carbonyl (C=O) groups excluding carboxylic acids is 1. The van der Waals surface area contributed by atoms with Gasteiger partial charge < -0.3 is 15.4 Å². The SMILES string of the molecule is CCN1C(=O)N=C(N)C12c1ccccc1OCC2C. The molecule has 1 aromatic rings. The first-order valence-electron chi connectivity index (χ1n) is 6.50. The van der Waals surface area contributed by atoms with Crippen LogP contribution in [-0.2, 0) is 5.54 Å². The third-order valence-electron chi connectivity index (χ3n) is 4.08. The van der Waals surface area contributed by atoms with E-state index in [9.17, 15) is 4.79 Å². The van der Waals surface area contributed by atoms with E-state index < -0.39 is 5.54 Å². The first-order chi connectivity index (χ1) is 9.12. The summed E-state index contributed by atoms with van der Waals surface area (Å²) in [5, 5.41) is 0. The van der Waals surface area contributed by atoms with Gasteiger partial charge >= 0.3 is 6.03 Å². The molecule has 2 amide bonds. The van der Waals surface area contributed by atoms with E-state index in [1.54, 1.807) is 4.90 Å². The average molecular weight is 259 g/mol. The number of nitrogens with two attached hydrogens (primary N) is 1. The molecule has 5 nitrogen and oxygen atoms in total. The quantitative estimate of drug-likeness (QED) is 0.835. The first-order valence-corrected chi connectivity index (χ1v) is 6.50. The third kappa shape index (κ3) is 1.35. The van der Waals surface area contributed by atoms with E-state index >= 15 is 0 Å². The molecule has 0 saturated carbocycles. The van der Waals surface area contributed by atoms with Gasteiger partial charge in [0.25, 0.3) is 0 Å². The van der Waals surface area contributed by atoms with Crippen LogP contribution < -0.4 is 10.5 Å². The number of para-hydroxylation sites is 1. The van der Waals surface area contributed by atoms with Crippen molar-refractivity contribution in [3.05, 3.63) is 29.8 Å². The standard InChI is InChI=1S/C14H17N3O2/c1-3-17-13(18)16-12(15)14(17)9(2)8-19-11-7-5-4-6-10(11)14/h4-7,9H,3,8H2,1-2H3,(H2,15,16,18). The third-order valence-corrected chi connectivity index (χ3v) is 4.08. The second-order valence-electron chi connectivity index (χ2n) is 5.00. The van der Waals surface area contributed by atoms with E-state index in [1.165, 1.54) is 0 Å². The molecule has 1 spiro atoms. The molecule has 19 heavy (non-hydrogen) atoms. The van der Waals surface area contributed by atoms with Crippen molar-refractivity contribution in [3.63, 3.8) is 0 Å². The van der Waals surface area contributed by atoms with Crippen LogP contribution in [0.15, 0.2) is 29.3 Å². The van der Waals surface area contributed by atoms with Gasteiger partial charge in [0, 0.05) is 18.0 Å². The highest BCUT2D eigenvalue weighted by molar-refractivity contribution is 6.07. The van der Waals surface area contributed by atoms with Gasteiger partial charge in [-0.15, -0.1) is 0 Å². The number of hydrogen-bond acceptors (Lipinski definition) is 3. The lowest BCUT2D eigenvalue weighted by Crippen LogP contribution is -2.58. The predicted octanol–water partition coefficient (Wildman–Crippen LogP) is 1.72. The summed E-state index contributed by atoms with van der Waals surface area (Å²) in [6.07, 6.45) is 0. The van der Waals surface area contributed by atoms with Gasteiger partial charge in [-0.2, -0.15) is 4.99 Å². The molecule has 2 unspecified atom stereocenters. The van der Waals surface area contributed by atoms with Crippen molar-refractivity contribution in [3.8, 4) is 5.75 Å². The van der Waals surface area contributed by atoms with Gasteiger partial charge in [-0.3, -0.25) is 0 Å². The minimum absolute atomic E-state index is 0.0672. The Balaban J connectivity index is 2.27. The van der Waals surface area contributed by atoms with Gasteiger partial charge in [-0.05, 0) is 13.0 Å². The van der Waals surface area contributed by atoms with Crippen LogP contribution in [-0.4, -0.2) is 29.9 Å². The van der Waals surface area contributed by atoms with E-state index in [2.05, 4.69) is 4.99 Å². The Labute approximate surface area is 112 Å². The Kier molecular flexibility index (Phi) is 2.52. The summed E-state index contributed by atoms with van der Waals surface area (Å²) < 4.78 is 5.75. The smallest absolute Gasteiger partial charge is 0.346 e. The van der Waals surface area contributed by atoms with Crippen molar-refractivity contribution in [2.24, 2.45) is 16.6 Å². The normalized spacial score (nSPS) is 29.2. The van der Waals surface area contributed by atoms with Gasteiger partial charge in [0.05, 0.1) is 6.61 Å². The molecular formula is C14H17N3O2. The minimum atomic E-state index is -0.652. The maximum Gasteiger partial charge on any atom is 0.346 e. The summed E-state index contributed by atoms with van der Waals surface area (Å²) in [6.45, 7) is 5.08. The highest BCUT2D eigenvalue weighted by Gasteiger charge is 2.56. The van der Waals surface area contributed by atoms with Crippen LogP contribution in [0, 0.1) is 5.92 Å². The average Bonchev–Trinajstić information content (AvgIpc) is 2.66. The lowest BCUT2D eigenvalue weighted by molar-refractivity contribution is 0.0838. The van der Waals surface area contributed by atoms with E-state index in [0.717, 1.165) is 11.3 Å². The molecule has 2 atom stereocenters. The number of rotatable bonds is 1. The molecule has 3 rings (SSSR count). The zero-order valence-corrected chi connectivity index (χ0v) is 11.1. The molecular weight excluding hydrogens is 242 g/mol. The van der Waals surface area contributed by atoms with Crippen LogP contribution in [0.2, 0.25) is 0 Å². The fourth-order valence-electron chi connectivity index (χ4n) is 3.23. The van der Waals surface area contributed by atoms with E-state index in [4.69, 9.17) is 10.5 Å². The summed E-state index contributed by atoms with van der Waals surface area (Å²) in [7, 11) is 0. The molecule has 0 bridgehead atoms. The fourth-order valence-corrected chi connectivity index (χ4v) is 3.23. The number of benzene rings is 1. The Morgan fingerprint density at radius 2 is 2.26 bits per heavy atom. The molecule has 2 heterocycles. The second-order valence-corrected chi connectivity index (χ2v) is 5.00. The zero-order chi connectivity index (χ0) is 13.6. The largest absolute Gasteiger partial charge is 0.493 e. The number of aliphatic imine (C=N–C) groups is 1. The number of carbonyl (C=O) groups is 1. The minimum Gasteiger partial charge on any atom is -0.493 e. The number of likely N-dealkylation sites (N-methyl/N-ethyl adjacent to an activating group) is 1. The Hall–Kier alpha value is -2.04. The fraction of sp³-hybridized carbons (Fsp3) is 0.429. The topological polar surface area (TPSA) is 67.9 Å². The molecule has 1 aromatic carbocycles. The molecule has 0 aliphatic carbocycles. The van der Waals surface area contributed by atoms with Crippen molar-refractivity contribution in [2.45, 2.75) is 19.4 Å². The van der Waals surface area contributed by atoms with Crippen molar-refractivity contribution in [2.75, 3.05) is 13.2 Å². The second kappa shape index (κ2) is 3.98. The molecule has 0 radical (unpaired) electrons. The van der Waals surface area contributed by atoms with E-state index in [1.807, 2.05) is 38.1 Å². The maximum absolute atomic E-state index is 12.1. The predicted molar refractivity (Wildman–Crippen MR) is 72.2 cm³/mol. The number of amides is 2. The van der Waals surface area contributed by atoms with Gasteiger partial charge in [0.1, 0.15) is 17.1 Å². The first kappa shape index (κ1) is 12.0. The lowest BCUT2D eigenvalue weighted by atomic mass is 9.75. The van der Waals surface area contributed by atoms with Crippen LogP contribution >= 0.6 is 0 Å². The van der Waals surface area contributed by atoms with Gasteiger partial charge in [0.2, 0.25) is 0 Å². The molecule has 0 aromatic heterocycles. The number of ether oxygens (including phenoxy) is 1. The van der Waals surface area contributed by atoms with Crippen LogP contribution in [0.25, 0.3) is 0 Å². The molecule has 100 valence electrons. The van der Waals surface area contributed by atoms with Crippen molar-refractivity contribution in [1.82, 2.24) is 4.90 Å². The highest BCUT2D eigenvalue weighted by Crippen LogP contribution is 2.47. The molecule has 2 aliphatic heterocycles. The van der Waals surface area contributed by atoms with Gasteiger partial charge in [0.15, 0.2) is 0 Å². The Bertz CT molecular complexity index is 570. The summed E-state index contributed by atoms with van der Waals surface area (Å²) in [6, 6.07) is 7.47. The van der Waals surface area contributed by atoms with E-state index in [-0.39, 0.29) is 11.9 Å². The highest BCUT2D eigenvalue weighted by atomic mass is 16.5. The Morgan fingerprint density at radius 1 is 1.53 bits per heavy atom. The van der Waals surface area contributed by atoms with Crippen LogP contribution in [0.5, 0.6) is 5.75 Å². The summed E-state index contributed by atoms with van der Waals surface area (Å²) in [5.74, 6) is 1.23. The van der Waals surface area contributed by atoms with Crippen LogP contribution in [0.3, 0.4) is 0 Å². The number of nitrogens with zero attached hydrogens (tertiary/aromatic N) is 2. The monoisotopic (exact) mass is 259 g/mol. The molecule has 0 saturated heterocycles. The van der Waals surface area contributed by atoms with Crippen LogP contribution in [0.4, 0.5) is 4.79 Å². The van der Waals surface area contributed by atoms with E-state index in [0.29, 0.717) is 19.0 Å². The number of fused-ring (bicyclic) bond motifs is 2. The summed E-state index contributed by atoms with van der Waals surface area (Å²) in [4.78, 5) is 17.8. The number of urea groups is 1. The summed E-state index contributed by atoms with van der Waals surface area (Å²) in [5.41, 5.74) is 6.42. The number of hydrogen-bond donors (Lipinski definition) is 1. The van der Waals surface area contributed by atoms with Gasteiger partial charge in [-0.25, -0.2) is 4.79 Å². The molecule has 5 heteroatoms. The zero-order valence-electron chi connectivity index (χ0n) is 11.1. The lowest BCUT2D eigenvalue weighted by Gasteiger charge is -2.45. The van der Waals surface area contributed by atoms with Crippen molar-refractivity contribution < 1.29 is 9.53 Å². The summed E-state index contributed by atoms with van der Waals surface area (Å²) >= 11 is 0. The van der Waals surface area contributed by atoms with Crippen LogP contribution in [0.1, 0.15) is 19.4 Å². The molecule has 0 fully saturated rings. The Morgan fingerprint density at radius 3 is 3.00 bits per heavy atom. The molecule has 2 N–H and O–H groups in total. The van der Waals surface area contributed by atoms with Gasteiger partial charge in [-0.1, -0.05) is 25.1 Å².